The van der Waals surface area contributed by atoms with E-state index < -0.39 is 0 Å². The summed E-state index contributed by atoms with van der Waals surface area (Å²) in [6.45, 7) is 1.76. The molecule has 0 spiro atoms. The van der Waals surface area contributed by atoms with Crippen LogP contribution in [0.4, 0.5) is 0 Å². The van der Waals surface area contributed by atoms with E-state index in [-0.39, 0.29) is 18.1 Å². The van der Waals surface area contributed by atoms with Crippen molar-refractivity contribution in [2.24, 2.45) is 0 Å². The molecule has 0 unspecified atom stereocenters. The smallest absolute Gasteiger partial charge is 0.337 e. The molecule has 0 saturated carbocycles. The monoisotopic (exact) mass is 464 g/mol. The Bertz CT molecular complexity index is 1120. The second-order valence-electron chi connectivity index (χ2n) is 8.25. The van der Waals surface area contributed by atoms with E-state index in [1.807, 2.05) is 42.5 Å². The summed E-state index contributed by atoms with van der Waals surface area (Å²) in [5.41, 5.74) is 2.20. The van der Waals surface area contributed by atoms with Crippen LogP contribution in [0, 0.1) is 0 Å². The SMILES string of the molecule is COC(=O)c1cccc(-c2ccc([C@@H]3[C@H](c4ccccn4)NC(=S)N3CCCN(C)C)o2)c1. The molecule has 1 aliphatic rings. The van der Waals surface area contributed by atoms with Gasteiger partial charge >= 0.3 is 5.97 Å². The normalized spacial score (nSPS) is 17.9. The van der Waals surface area contributed by atoms with Crippen LogP contribution in [0.25, 0.3) is 11.3 Å². The molecule has 2 atom stereocenters. The van der Waals surface area contributed by atoms with Gasteiger partial charge in [0.2, 0.25) is 0 Å². The van der Waals surface area contributed by atoms with Crippen molar-refractivity contribution in [3.05, 3.63) is 77.8 Å². The van der Waals surface area contributed by atoms with Gasteiger partial charge in [-0.25, -0.2) is 4.79 Å². The molecule has 0 aliphatic carbocycles. The highest BCUT2D eigenvalue weighted by molar-refractivity contribution is 7.80. The number of nitrogens with zero attached hydrogens (tertiary/aromatic N) is 3. The third-order valence-electron chi connectivity index (χ3n) is 5.69. The molecule has 0 amide bonds. The number of thiocarbonyl (C=S) groups is 1. The van der Waals surface area contributed by atoms with Crippen LogP contribution in [0.2, 0.25) is 0 Å². The number of ether oxygens (including phenoxy) is 1. The highest BCUT2D eigenvalue weighted by Crippen LogP contribution is 2.40. The van der Waals surface area contributed by atoms with Crippen LogP contribution in [0.5, 0.6) is 0 Å². The van der Waals surface area contributed by atoms with Gasteiger partial charge in [-0.2, -0.15) is 0 Å². The van der Waals surface area contributed by atoms with Gasteiger partial charge in [0.25, 0.3) is 0 Å². The maximum atomic E-state index is 11.9. The Morgan fingerprint density at radius 2 is 2.06 bits per heavy atom. The zero-order valence-electron chi connectivity index (χ0n) is 19.0. The fourth-order valence-electron chi connectivity index (χ4n) is 4.10. The Hall–Kier alpha value is -3.23. The number of pyridine rings is 1. The molecular weight excluding hydrogens is 436 g/mol. The molecule has 1 aromatic carbocycles. The fraction of sp³-hybridized carbons (Fsp3) is 0.320. The first-order valence-corrected chi connectivity index (χ1v) is 11.3. The molecule has 1 saturated heterocycles. The van der Waals surface area contributed by atoms with Crippen LogP contribution in [0.1, 0.15) is 40.3 Å². The van der Waals surface area contributed by atoms with Crippen molar-refractivity contribution in [3.63, 3.8) is 0 Å². The summed E-state index contributed by atoms with van der Waals surface area (Å²) in [5.74, 6) is 1.10. The Kier molecular flexibility index (Phi) is 7.05. The zero-order chi connectivity index (χ0) is 23.4. The summed E-state index contributed by atoms with van der Waals surface area (Å²) >= 11 is 5.71. The van der Waals surface area contributed by atoms with Crippen molar-refractivity contribution in [1.29, 1.82) is 0 Å². The molecule has 8 heteroatoms. The average Bonchev–Trinajstić information content (AvgIpc) is 3.44. The van der Waals surface area contributed by atoms with Crippen LogP contribution in [0.15, 0.2) is 65.2 Å². The van der Waals surface area contributed by atoms with Gasteiger partial charge in [-0.15, -0.1) is 0 Å². The van der Waals surface area contributed by atoms with Crippen molar-refractivity contribution >= 4 is 23.3 Å². The Morgan fingerprint density at radius 1 is 1.21 bits per heavy atom. The van der Waals surface area contributed by atoms with Gasteiger partial charge in [0, 0.05) is 18.3 Å². The molecule has 2 aromatic heterocycles. The van der Waals surface area contributed by atoms with Gasteiger partial charge in [0.1, 0.15) is 17.6 Å². The van der Waals surface area contributed by atoms with E-state index in [0.717, 1.165) is 36.5 Å². The Balaban J connectivity index is 1.66. The number of methoxy groups -OCH3 is 1. The minimum atomic E-state index is -0.378. The lowest BCUT2D eigenvalue weighted by molar-refractivity contribution is 0.0601. The van der Waals surface area contributed by atoms with Crippen LogP contribution < -0.4 is 5.32 Å². The fourth-order valence-corrected chi connectivity index (χ4v) is 4.43. The zero-order valence-corrected chi connectivity index (χ0v) is 19.8. The minimum Gasteiger partial charge on any atom is -0.465 e. The topological polar surface area (TPSA) is 70.8 Å². The highest BCUT2D eigenvalue weighted by Gasteiger charge is 2.41. The predicted octanol–water partition coefficient (Wildman–Crippen LogP) is 4.05. The lowest BCUT2D eigenvalue weighted by Gasteiger charge is -2.26. The van der Waals surface area contributed by atoms with E-state index in [4.69, 9.17) is 21.4 Å². The van der Waals surface area contributed by atoms with Crippen molar-refractivity contribution in [3.8, 4) is 11.3 Å². The molecule has 0 bridgehead atoms. The number of hydrogen-bond acceptors (Lipinski definition) is 6. The largest absolute Gasteiger partial charge is 0.465 e. The van der Waals surface area contributed by atoms with E-state index >= 15 is 0 Å². The lowest BCUT2D eigenvalue weighted by Crippen LogP contribution is -2.32. The average molecular weight is 465 g/mol. The predicted molar refractivity (Wildman–Crippen MR) is 131 cm³/mol. The maximum absolute atomic E-state index is 11.9. The van der Waals surface area contributed by atoms with Crippen molar-refractivity contribution in [2.75, 3.05) is 34.3 Å². The van der Waals surface area contributed by atoms with Gasteiger partial charge in [-0.3, -0.25) is 4.98 Å². The van der Waals surface area contributed by atoms with Gasteiger partial charge in [-0.1, -0.05) is 18.2 Å². The Morgan fingerprint density at radius 3 is 2.79 bits per heavy atom. The van der Waals surface area contributed by atoms with Crippen LogP contribution in [-0.4, -0.2) is 60.2 Å². The summed E-state index contributed by atoms with van der Waals surface area (Å²) in [7, 11) is 5.50. The van der Waals surface area contributed by atoms with Crippen molar-refractivity contribution in [2.45, 2.75) is 18.5 Å². The minimum absolute atomic E-state index is 0.126. The number of furan rings is 1. The standard InChI is InChI=1S/C25H28N4O3S/c1-28(2)14-7-15-29-23(22(27-25(29)33)19-10-4-5-13-26-19)21-12-11-20(32-21)17-8-6-9-18(16-17)24(30)31-3/h4-6,8-13,16,22-23H,7,14-15H2,1-3H3,(H,27,33)/t22-,23+/m0/s1. The maximum Gasteiger partial charge on any atom is 0.337 e. The van der Waals surface area contributed by atoms with Crippen LogP contribution in [0.3, 0.4) is 0 Å². The van der Waals surface area contributed by atoms with Gasteiger partial charge < -0.3 is 24.3 Å². The number of esters is 1. The van der Waals surface area contributed by atoms with Gasteiger partial charge in [0.15, 0.2) is 5.11 Å². The number of aromatic nitrogens is 1. The second kappa shape index (κ2) is 10.1. The summed E-state index contributed by atoms with van der Waals surface area (Å²) in [5, 5.41) is 4.14. The molecule has 33 heavy (non-hydrogen) atoms. The summed E-state index contributed by atoms with van der Waals surface area (Å²) in [6.07, 6.45) is 2.76. The molecule has 1 aliphatic heterocycles. The molecule has 3 heterocycles. The first-order chi connectivity index (χ1) is 16.0. The van der Waals surface area contributed by atoms with Crippen molar-refractivity contribution < 1.29 is 13.9 Å². The van der Waals surface area contributed by atoms with Gasteiger partial charge in [0.05, 0.1) is 24.4 Å². The lowest BCUT2D eigenvalue weighted by atomic mass is 10.0. The second-order valence-corrected chi connectivity index (χ2v) is 8.64. The molecule has 0 radical (unpaired) electrons. The van der Waals surface area contributed by atoms with E-state index in [0.29, 0.717) is 16.4 Å². The first-order valence-electron chi connectivity index (χ1n) is 10.9. The van der Waals surface area contributed by atoms with E-state index in [1.54, 1.807) is 18.3 Å². The molecule has 1 fully saturated rings. The van der Waals surface area contributed by atoms with Gasteiger partial charge in [-0.05, 0) is 75.7 Å². The first kappa shape index (κ1) is 22.9. The summed E-state index contributed by atoms with van der Waals surface area (Å²) in [6, 6.07) is 16.8. The molecule has 172 valence electrons. The molecule has 7 nitrogen and oxygen atoms in total. The molecular formula is C25H28N4O3S. The van der Waals surface area contributed by atoms with E-state index in [9.17, 15) is 4.79 Å². The van der Waals surface area contributed by atoms with E-state index in [1.165, 1.54) is 7.11 Å². The molecule has 4 rings (SSSR count). The van der Waals surface area contributed by atoms with Crippen molar-refractivity contribution in [1.82, 2.24) is 20.1 Å². The quantitative estimate of drug-likeness (QED) is 0.396. The number of carbonyl (C=O) groups excluding carboxylic acids is 1. The Labute approximate surface area is 199 Å². The van der Waals surface area contributed by atoms with E-state index in [2.05, 4.69) is 34.2 Å². The van der Waals surface area contributed by atoms with Crippen LogP contribution >= 0.6 is 12.2 Å². The number of benzene rings is 1. The number of carbonyl (C=O) groups is 1. The summed E-state index contributed by atoms with van der Waals surface area (Å²) < 4.78 is 11.2. The number of rotatable bonds is 8. The molecule has 3 aromatic rings. The third kappa shape index (κ3) is 5.07. The number of hydrogen-bond donors (Lipinski definition) is 1. The molecule has 1 N–H and O–H groups in total. The summed E-state index contributed by atoms with van der Waals surface area (Å²) in [4.78, 5) is 20.9. The highest BCUT2D eigenvalue weighted by atomic mass is 32.1. The number of nitrogens with one attached hydrogen (secondary N) is 1. The third-order valence-corrected chi connectivity index (χ3v) is 6.04. The van der Waals surface area contributed by atoms with Crippen LogP contribution in [-0.2, 0) is 4.74 Å².